The fourth-order valence-corrected chi connectivity index (χ4v) is 6.70. The molecule has 260 valence electrons. The van der Waals surface area contributed by atoms with Gasteiger partial charge in [0.25, 0.3) is 0 Å². The van der Waals surface area contributed by atoms with Gasteiger partial charge in [-0.15, -0.1) is 0 Å². The molecule has 0 aromatic heterocycles. The van der Waals surface area contributed by atoms with E-state index in [1.807, 2.05) is 0 Å². The molecule has 0 saturated heterocycles. The van der Waals surface area contributed by atoms with Gasteiger partial charge in [-0.1, -0.05) is 146 Å². The standard InChI is InChI=1S/C44H60O4/c1-31(19-15-21-33(3)23-25-41-35(5)27-39(47-37(7)45)29-43(41,9)10)17-13-14-18-32(2)20-16-22-34(4)24-26-42-36(6)28-40(48-38(8)46)30-44(42,11)12/h13-26,39-40H,27-30H2,1-12H3/b14-13+,19-15+,20-16+,25-23+,26-24+,31-17+,32-18+,33-21+,34-22+. The van der Waals surface area contributed by atoms with Crippen molar-refractivity contribution in [1.82, 2.24) is 0 Å². The van der Waals surface area contributed by atoms with Crippen molar-refractivity contribution in [2.24, 2.45) is 10.8 Å². The zero-order chi connectivity index (χ0) is 36.1. The molecule has 0 bridgehead atoms. The molecule has 2 aliphatic carbocycles. The molecular formula is C44H60O4. The van der Waals surface area contributed by atoms with Crippen LogP contribution in [0.5, 0.6) is 0 Å². The molecule has 0 spiro atoms. The van der Waals surface area contributed by atoms with Crippen molar-refractivity contribution in [2.45, 2.75) is 121 Å². The summed E-state index contributed by atoms with van der Waals surface area (Å²) in [7, 11) is 0. The van der Waals surface area contributed by atoms with Gasteiger partial charge in [0.2, 0.25) is 0 Å². The van der Waals surface area contributed by atoms with Crippen molar-refractivity contribution in [1.29, 1.82) is 0 Å². The van der Waals surface area contributed by atoms with Crippen LogP contribution in [-0.4, -0.2) is 24.1 Å². The lowest BCUT2D eigenvalue weighted by Crippen LogP contribution is -2.31. The normalized spacial score (nSPS) is 23.1. The summed E-state index contributed by atoms with van der Waals surface area (Å²) in [5.74, 6) is -0.412. The molecule has 0 heterocycles. The highest BCUT2D eigenvalue weighted by molar-refractivity contribution is 5.66. The SMILES string of the molecule is CC(=O)OC1CC(C)=C(/C=C/C(C)=C/C=C/C(C)=C/C=C/C=C(C)/C=C/C=C(C)/C=C/C2=C(C)CC(OC(C)=O)CC2(C)C)C(C)(C)C1. The van der Waals surface area contributed by atoms with Gasteiger partial charge < -0.3 is 9.47 Å². The Labute approximate surface area is 291 Å². The fraction of sp³-hybridized carbons (Fsp3) is 0.455. The molecule has 4 nitrogen and oxygen atoms in total. The van der Waals surface area contributed by atoms with Gasteiger partial charge in [0, 0.05) is 26.7 Å². The van der Waals surface area contributed by atoms with E-state index in [2.05, 4.69) is 154 Å². The van der Waals surface area contributed by atoms with Crippen LogP contribution >= 0.6 is 0 Å². The number of hydrogen-bond acceptors (Lipinski definition) is 4. The van der Waals surface area contributed by atoms with E-state index in [9.17, 15) is 9.59 Å². The van der Waals surface area contributed by atoms with Crippen LogP contribution in [0.25, 0.3) is 0 Å². The maximum atomic E-state index is 11.4. The van der Waals surface area contributed by atoms with Crippen LogP contribution in [0.4, 0.5) is 0 Å². The summed E-state index contributed by atoms with van der Waals surface area (Å²) in [6.07, 6.45) is 33.0. The lowest BCUT2D eigenvalue weighted by Gasteiger charge is -2.37. The number of hydrogen-bond donors (Lipinski definition) is 0. The highest BCUT2D eigenvalue weighted by atomic mass is 16.5. The van der Waals surface area contributed by atoms with Crippen molar-refractivity contribution in [2.75, 3.05) is 0 Å². The Morgan fingerprint density at radius 3 is 1.17 bits per heavy atom. The van der Waals surface area contributed by atoms with Crippen molar-refractivity contribution in [3.05, 3.63) is 130 Å². The smallest absolute Gasteiger partial charge is 0.302 e. The Hall–Kier alpha value is -3.92. The second-order valence-electron chi connectivity index (χ2n) is 14.8. The predicted octanol–water partition coefficient (Wildman–Crippen LogP) is 11.7. The number of ether oxygens (including phenoxy) is 2. The van der Waals surface area contributed by atoms with Crippen LogP contribution in [0.3, 0.4) is 0 Å². The molecular weight excluding hydrogens is 592 g/mol. The zero-order valence-corrected chi connectivity index (χ0v) is 31.7. The third kappa shape index (κ3) is 14.1. The Morgan fingerprint density at radius 1 is 0.542 bits per heavy atom. The summed E-state index contributed by atoms with van der Waals surface area (Å²) in [4.78, 5) is 22.9. The van der Waals surface area contributed by atoms with Crippen molar-refractivity contribution < 1.29 is 19.1 Å². The number of esters is 2. The minimum Gasteiger partial charge on any atom is -0.462 e. The summed E-state index contributed by atoms with van der Waals surface area (Å²) in [6, 6.07) is 0. The molecule has 0 fully saturated rings. The van der Waals surface area contributed by atoms with E-state index in [0.717, 1.165) is 25.7 Å². The number of rotatable bonds is 12. The molecule has 0 aromatic carbocycles. The van der Waals surface area contributed by atoms with E-state index in [-0.39, 0.29) is 35.0 Å². The minimum absolute atomic E-state index is 0.0390. The first-order valence-electron chi connectivity index (χ1n) is 17.2. The highest BCUT2D eigenvalue weighted by Gasteiger charge is 2.35. The molecule has 4 heteroatoms. The van der Waals surface area contributed by atoms with Crippen LogP contribution in [0.15, 0.2) is 130 Å². The third-order valence-electron chi connectivity index (χ3n) is 8.88. The van der Waals surface area contributed by atoms with E-state index in [1.54, 1.807) is 0 Å². The first kappa shape index (κ1) is 40.3. The first-order chi connectivity index (χ1) is 22.4. The Kier molecular flexibility index (Phi) is 15.6. The van der Waals surface area contributed by atoms with Crippen LogP contribution in [0, 0.1) is 10.8 Å². The molecule has 2 atom stereocenters. The van der Waals surface area contributed by atoms with E-state index in [4.69, 9.17) is 9.47 Å². The molecule has 0 N–H and O–H groups in total. The summed E-state index contributed by atoms with van der Waals surface area (Å²) < 4.78 is 11.0. The molecule has 2 unspecified atom stereocenters. The molecule has 0 saturated carbocycles. The Morgan fingerprint density at radius 2 is 0.854 bits per heavy atom. The topological polar surface area (TPSA) is 52.6 Å². The van der Waals surface area contributed by atoms with Gasteiger partial charge in [0.15, 0.2) is 0 Å². The molecule has 2 rings (SSSR count). The first-order valence-corrected chi connectivity index (χ1v) is 17.2. The molecule has 0 amide bonds. The average Bonchev–Trinajstić information content (AvgIpc) is 2.93. The average molecular weight is 653 g/mol. The van der Waals surface area contributed by atoms with Crippen molar-refractivity contribution in [3.8, 4) is 0 Å². The second kappa shape index (κ2) is 18.6. The predicted molar refractivity (Wildman–Crippen MR) is 203 cm³/mol. The van der Waals surface area contributed by atoms with Gasteiger partial charge in [0.1, 0.15) is 12.2 Å². The van der Waals surface area contributed by atoms with Crippen molar-refractivity contribution >= 4 is 11.9 Å². The quantitative estimate of drug-likeness (QED) is 0.155. The van der Waals surface area contributed by atoms with Crippen LogP contribution < -0.4 is 0 Å². The summed E-state index contributed by atoms with van der Waals surface area (Å²) in [5.41, 5.74) is 9.84. The monoisotopic (exact) mass is 652 g/mol. The van der Waals surface area contributed by atoms with Crippen LogP contribution in [0.1, 0.15) is 109 Å². The van der Waals surface area contributed by atoms with E-state index < -0.39 is 0 Å². The molecule has 0 aromatic rings. The van der Waals surface area contributed by atoms with E-state index in [0.29, 0.717) is 0 Å². The van der Waals surface area contributed by atoms with Gasteiger partial charge in [0.05, 0.1) is 0 Å². The molecule has 0 radical (unpaired) electrons. The summed E-state index contributed by atoms with van der Waals surface area (Å²) >= 11 is 0. The molecule has 48 heavy (non-hydrogen) atoms. The van der Waals surface area contributed by atoms with Gasteiger partial charge in [-0.2, -0.15) is 0 Å². The lowest BCUT2D eigenvalue weighted by molar-refractivity contribution is -0.148. The summed E-state index contributed by atoms with van der Waals surface area (Å²) in [6.45, 7) is 24.6. The van der Waals surface area contributed by atoms with Gasteiger partial charge in [-0.05, 0) is 76.4 Å². The zero-order valence-electron chi connectivity index (χ0n) is 31.7. The number of carbonyl (C=O) groups excluding carboxylic acids is 2. The van der Waals surface area contributed by atoms with Crippen LogP contribution in [0.2, 0.25) is 0 Å². The largest absolute Gasteiger partial charge is 0.462 e. The van der Waals surface area contributed by atoms with E-state index >= 15 is 0 Å². The van der Waals surface area contributed by atoms with Crippen LogP contribution in [-0.2, 0) is 19.1 Å². The number of allylic oxidation sites excluding steroid dienone is 20. The second-order valence-corrected chi connectivity index (χ2v) is 14.8. The van der Waals surface area contributed by atoms with E-state index in [1.165, 1.54) is 58.4 Å². The molecule has 0 aliphatic heterocycles. The van der Waals surface area contributed by atoms with Gasteiger partial charge in [-0.3, -0.25) is 9.59 Å². The highest BCUT2D eigenvalue weighted by Crippen LogP contribution is 2.43. The maximum Gasteiger partial charge on any atom is 0.302 e. The Bertz CT molecular complexity index is 1400. The maximum absolute atomic E-state index is 11.4. The number of carbonyl (C=O) groups is 2. The fourth-order valence-electron chi connectivity index (χ4n) is 6.70. The Balaban J connectivity index is 1.92. The van der Waals surface area contributed by atoms with Gasteiger partial charge >= 0.3 is 11.9 Å². The third-order valence-corrected chi connectivity index (χ3v) is 8.88. The lowest BCUT2D eigenvalue weighted by atomic mass is 9.71. The molecule has 2 aliphatic rings. The summed E-state index contributed by atoms with van der Waals surface area (Å²) in [5, 5.41) is 0. The van der Waals surface area contributed by atoms with Crippen molar-refractivity contribution in [3.63, 3.8) is 0 Å². The van der Waals surface area contributed by atoms with Gasteiger partial charge in [-0.25, -0.2) is 0 Å². The minimum atomic E-state index is -0.206.